The molecule has 1 aliphatic rings. The molecule has 0 saturated carbocycles. The first-order valence-electron chi connectivity index (χ1n) is 11.0. The predicted octanol–water partition coefficient (Wildman–Crippen LogP) is 4.35. The van der Waals surface area contributed by atoms with Crippen LogP contribution in [0.5, 0.6) is 23.1 Å². The van der Waals surface area contributed by atoms with Gasteiger partial charge in [0.2, 0.25) is 11.8 Å². The van der Waals surface area contributed by atoms with Crippen molar-refractivity contribution in [3.05, 3.63) is 84.6 Å². The zero-order valence-corrected chi connectivity index (χ0v) is 18.8. The predicted molar refractivity (Wildman–Crippen MR) is 129 cm³/mol. The van der Waals surface area contributed by atoms with Gasteiger partial charge in [-0.3, -0.25) is 9.59 Å². The molecule has 4 rings (SSSR count). The number of primary amides is 1. The highest BCUT2D eigenvalue weighted by Crippen LogP contribution is 2.29. The Labute approximate surface area is 198 Å². The molecular weight excluding hydrogens is 432 g/mol. The molecule has 3 aromatic rings. The third-order valence-corrected chi connectivity index (χ3v) is 5.31. The van der Waals surface area contributed by atoms with Crippen LogP contribution in [-0.4, -0.2) is 40.8 Å². The number of allylic oxidation sites excluding steroid dienone is 1. The van der Waals surface area contributed by atoms with Crippen molar-refractivity contribution in [2.75, 3.05) is 18.4 Å². The highest BCUT2D eigenvalue weighted by molar-refractivity contribution is 5.96. The van der Waals surface area contributed by atoms with Crippen LogP contribution in [0.25, 0.3) is 0 Å². The van der Waals surface area contributed by atoms with Crippen molar-refractivity contribution in [2.24, 2.45) is 5.73 Å². The van der Waals surface area contributed by atoms with E-state index in [1.807, 2.05) is 37.3 Å². The van der Waals surface area contributed by atoms with E-state index in [9.17, 15) is 9.59 Å². The fourth-order valence-electron chi connectivity index (χ4n) is 3.66. The summed E-state index contributed by atoms with van der Waals surface area (Å²) < 4.78 is 11.6. The maximum atomic E-state index is 12.1. The molecule has 2 heterocycles. The molecule has 2 aromatic carbocycles. The van der Waals surface area contributed by atoms with Crippen LogP contribution in [-0.2, 0) is 4.79 Å². The SMILES string of the molecule is C/C=C/C(=O)N1CCC(Nc2cnc(Oc3ccc(Oc4ccccc4)cc3)c(C(N)=O)c2)C1. The van der Waals surface area contributed by atoms with Crippen LogP contribution in [0.15, 0.2) is 79.0 Å². The smallest absolute Gasteiger partial charge is 0.254 e. The molecule has 3 N–H and O–H groups in total. The Hall–Kier alpha value is -4.33. The molecule has 1 fully saturated rings. The summed E-state index contributed by atoms with van der Waals surface area (Å²) in [5.41, 5.74) is 6.38. The second-order valence-electron chi connectivity index (χ2n) is 7.84. The number of nitrogens with one attached hydrogen (secondary N) is 1. The van der Waals surface area contributed by atoms with E-state index in [-0.39, 0.29) is 23.4 Å². The summed E-state index contributed by atoms with van der Waals surface area (Å²) in [6.45, 7) is 3.06. The maximum Gasteiger partial charge on any atom is 0.254 e. The minimum atomic E-state index is -0.647. The molecule has 1 saturated heterocycles. The number of amides is 2. The van der Waals surface area contributed by atoms with Gasteiger partial charge in [0.15, 0.2) is 0 Å². The van der Waals surface area contributed by atoms with Gasteiger partial charge in [0.05, 0.1) is 11.9 Å². The van der Waals surface area contributed by atoms with Crippen LogP contribution >= 0.6 is 0 Å². The monoisotopic (exact) mass is 458 g/mol. The zero-order valence-electron chi connectivity index (χ0n) is 18.8. The zero-order chi connectivity index (χ0) is 23.9. The standard InChI is InChI=1S/C26H26N4O4/c1-2-6-24(31)30-14-13-18(17-30)29-19-15-23(25(27)32)26(28-16-19)34-22-11-9-21(10-12-22)33-20-7-4-3-5-8-20/h2-12,15-16,18,29H,13-14,17H2,1H3,(H2,27,32)/b6-2+. The van der Waals surface area contributed by atoms with Crippen molar-refractivity contribution < 1.29 is 19.1 Å². The third kappa shape index (κ3) is 5.72. The Morgan fingerprint density at radius 3 is 2.41 bits per heavy atom. The summed E-state index contributed by atoms with van der Waals surface area (Å²) in [7, 11) is 0. The van der Waals surface area contributed by atoms with E-state index < -0.39 is 5.91 Å². The molecule has 174 valence electrons. The Bertz CT molecular complexity index is 1180. The summed E-state index contributed by atoms with van der Waals surface area (Å²) in [4.78, 5) is 30.2. The van der Waals surface area contributed by atoms with Crippen LogP contribution in [0.3, 0.4) is 0 Å². The lowest BCUT2D eigenvalue weighted by molar-refractivity contribution is -0.125. The van der Waals surface area contributed by atoms with Gasteiger partial charge in [-0.1, -0.05) is 24.3 Å². The second-order valence-corrected chi connectivity index (χ2v) is 7.84. The normalized spacial score (nSPS) is 15.3. The fourth-order valence-corrected chi connectivity index (χ4v) is 3.66. The Morgan fingerprint density at radius 2 is 1.74 bits per heavy atom. The molecule has 1 unspecified atom stereocenters. The van der Waals surface area contributed by atoms with E-state index in [1.54, 1.807) is 53.6 Å². The molecule has 2 amide bonds. The molecule has 0 aliphatic carbocycles. The summed E-state index contributed by atoms with van der Waals surface area (Å²) in [5, 5.41) is 3.32. The number of rotatable bonds is 8. The van der Waals surface area contributed by atoms with E-state index in [0.717, 1.165) is 12.2 Å². The topological polar surface area (TPSA) is 107 Å². The second kappa shape index (κ2) is 10.5. The number of nitrogens with two attached hydrogens (primary N) is 1. The van der Waals surface area contributed by atoms with Crippen molar-refractivity contribution in [1.29, 1.82) is 0 Å². The molecule has 8 nitrogen and oxygen atoms in total. The van der Waals surface area contributed by atoms with Gasteiger partial charge in [0.25, 0.3) is 5.91 Å². The van der Waals surface area contributed by atoms with E-state index in [4.69, 9.17) is 15.2 Å². The van der Waals surface area contributed by atoms with Crippen LogP contribution in [0.1, 0.15) is 23.7 Å². The summed E-state index contributed by atoms with van der Waals surface area (Å²) >= 11 is 0. The van der Waals surface area contributed by atoms with Gasteiger partial charge in [-0.15, -0.1) is 0 Å². The minimum absolute atomic E-state index is 0.00770. The Morgan fingerprint density at radius 1 is 1.06 bits per heavy atom. The number of carbonyl (C=O) groups excluding carboxylic acids is 2. The number of nitrogens with zero attached hydrogens (tertiary/aromatic N) is 2. The van der Waals surface area contributed by atoms with E-state index in [1.165, 1.54) is 0 Å². The molecule has 8 heteroatoms. The number of pyridine rings is 1. The number of likely N-dealkylation sites (tertiary alicyclic amines) is 1. The van der Waals surface area contributed by atoms with Gasteiger partial charge in [-0.05, 0) is 61.9 Å². The van der Waals surface area contributed by atoms with E-state index in [0.29, 0.717) is 30.3 Å². The van der Waals surface area contributed by atoms with E-state index in [2.05, 4.69) is 10.3 Å². The van der Waals surface area contributed by atoms with Crippen LogP contribution < -0.4 is 20.5 Å². The van der Waals surface area contributed by atoms with Crippen molar-refractivity contribution in [1.82, 2.24) is 9.88 Å². The number of hydrogen-bond acceptors (Lipinski definition) is 6. The quantitative estimate of drug-likeness (QED) is 0.486. The van der Waals surface area contributed by atoms with Gasteiger partial charge >= 0.3 is 0 Å². The molecule has 0 spiro atoms. The fraction of sp³-hybridized carbons (Fsp3) is 0.192. The summed E-state index contributed by atoms with van der Waals surface area (Å²) in [6.07, 6.45) is 5.67. The number of aromatic nitrogens is 1. The van der Waals surface area contributed by atoms with Crippen molar-refractivity contribution >= 4 is 17.5 Å². The van der Waals surface area contributed by atoms with Crippen molar-refractivity contribution in [3.63, 3.8) is 0 Å². The maximum absolute atomic E-state index is 12.1. The number of para-hydroxylation sites is 1. The summed E-state index contributed by atoms with van der Waals surface area (Å²) in [5.74, 6) is 1.34. The van der Waals surface area contributed by atoms with E-state index >= 15 is 0 Å². The number of carbonyl (C=O) groups is 2. The number of benzene rings is 2. The van der Waals surface area contributed by atoms with Crippen LogP contribution in [0.2, 0.25) is 0 Å². The first-order valence-corrected chi connectivity index (χ1v) is 11.0. The van der Waals surface area contributed by atoms with Gasteiger partial charge in [0.1, 0.15) is 22.8 Å². The number of ether oxygens (including phenoxy) is 2. The van der Waals surface area contributed by atoms with Crippen molar-refractivity contribution in [3.8, 4) is 23.1 Å². The highest BCUT2D eigenvalue weighted by Gasteiger charge is 2.25. The lowest BCUT2D eigenvalue weighted by Gasteiger charge is -2.17. The molecule has 34 heavy (non-hydrogen) atoms. The van der Waals surface area contributed by atoms with Gasteiger partial charge in [0, 0.05) is 19.1 Å². The first kappa shape index (κ1) is 22.8. The first-order chi connectivity index (χ1) is 16.5. The van der Waals surface area contributed by atoms with Crippen LogP contribution in [0, 0.1) is 0 Å². The lowest BCUT2D eigenvalue weighted by Crippen LogP contribution is -2.30. The molecule has 0 radical (unpaired) electrons. The molecule has 1 aliphatic heterocycles. The number of hydrogen-bond donors (Lipinski definition) is 2. The van der Waals surface area contributed by atoms with Gasteiger partial charge < -0.3 is 25.4 Å². The Balaban J connectivity index is 1.42. The average molecular weight is 459 g/mol. The van der Waals surface area contributed by atoms with Crippen LogP contribution in [0.4, 0.5) is 5.69 Å². The minimum Gasteiger partial charge on any atom is -0.457 e. The van der Waals surface area contributed by atoms with Crippen molar-refractivity contribution in [2.45, 2.75) is 19.4 Å². The summed E-state index contributed by atoms with van der Waals surface area (Å²) in [6, 6.07) is 18.1. The number of anilines is 1. The highest BCUT2D eigenvalue weighted by atomic mass is 16.5. The molecule has 1 aromatic heterocycles. The van der Waals surface area contributed by atoms with Gasteiger partial charge in [-0.25, -0.2) is 4.98 Å². The Kier molecular flexibility index (Phi) is 7.07. The average Bonchev–Trinajstić information content (AvgIpc) is 3.31. The molecular formula is C26H26N4O4. The largest absolute Gasteiger partial charge is 0.457 e. The molecule has 0 bridgehead atoms. The lowest BCUT2D eigenvalue weighted by atomic mass is 10.2. The molecule has 1 atom stereocenters. The third-order valence-electron chi connectivity index (χ3n) is 5.31. The van der Waals surface area contributed by atoms with Gasteiger partial charge in [-0.2, -0.15) is 0 Å².